The fourth-order valence-electron chi connectivity index (χ4n) is 5.35. The first kappa shape index (κ1) is 51.8. The average Bonchev–Trinajstić information content (AvgIpc) is 3.12. The number of rotatable bonds is 38. The van der Waals surface area contributed by atoms with Crippen LogP contribution in [0.2, 0.25) is 0 Å². The number of phosphoric ester groups is 1. The van der Waals surface area contributed by atoms with E-state index in [-0.39, 0.29) is 31.5 Å². The SMILES string of the molecule is CCC/C=C/C=C/C/C=C\CCCCCC/C=C(\O)O[C@H](COC(=O)CCCCCCC/C=C\CCCCCCCC)COP(=O)(O)OCC[N+](C)(C)C. The standard InChI is InChI=1S/C44H80NO8P/c1-6-8-10-12-14-16-18-20-22-24-26-28-30-32-34-36-43(46)50-40-42(41-52-54(48,49)51-39-38-45(3,4)5)53-44(47)37-35-33-31-29-27-25-23-21-19-17-15-13-11-9-7-2/h11,13,15,17,20-23,37,42H,6-10,12,14,16,18-19,24-36,38-41H2,1-5H3,(H-,47,48,49)/p+1/b13-11+,17-15+,22-20-,23-21-,44-37+/t42-/m1/s1. The lowest BCUT2D eigenvalue weighted by molar-refractivity contribution is -0.870. The molecule has 0 aromatic carbocycles. The van der Waals surface area contributed by atoms with Crippen molar-refractivity contribution in [1.29, 1.82) is 0 Å². The molecule has 1 unspecified atom stereocenters. The number of quaternary nitrogens is 1. The Morgan fingerprint density at radius 2 is 1.20 bits per heavy atom. The highest BCUT2D eigenvalue weighted by molar-refractivity contribution is 7.47. The van der Waals surface area contributed by atoms with Crippen LogP contribution in [0.4, 0.5) is 0 Å². The van der Waals surface area contributed by atoms with E-state index in [0.29, 0.717) is 17.4 Å². The molecule has 0 aliphatic heterocycles. The molecule has 0 heterocycles. The van der Waals surface area contributed by atoms with Crippen molar-refractivity contribution in [3.8, 4) is 0 Å². The summed E-state index contributed by atoms with van der Waals surface area (Å²) in [5.74, 6) is -0.696. The summed E-state index contributed by atoms with van der Waals surface area (Å²) in [7, 11) is 1.47. The number of hydrogen-bond acceptors (Lipinski definition) is 7. The molecule has 9 nitrogen and oxygen atoms in total. The minimum atomic E-state index is -4.37. The van der Waals surface area contributed by atoms with Gasteiger partial charge in [-0.15, -0.1) is 0 Å². The number of hydrogen-bond donors (Lipinski definition) is 2. The van der Waals surface area contributed by atoms with Crippen LogP contribution in [0.25, 0.3) is 0 Å². The van der Waals surface area contributed by atoms with E-state index in [1.165, 1.54) is 51.4 Å². The van der Waals surface area contributed by atoms with Gasteiger partial charge in [0, 0.05) is 6.42 Å². The molecular formula is C44H81NO8P+. The predicted molar refractivity (Wildman–Crippen MR) is 225 cm³/mol. The van der Waals surface area contributed by atoms with Crippen molar-refractivity contribution in [2.45, 2.75) is 168 Å². The topological polar surface area (TPSA) is 112 Å². The van der Waals surface area contributed by atoms with Gasteiger partial charge in [-0.05, 0) is 76.7 Å². The van der Waals surface area contributed by atoms with Crippen LogP contribution in [0.1, 0.15) is 162 Å². The molecule has 0 fully saturated rings. The number of esters is 1. The lowest BCUT2D eigenvalue weighted by atomic mass is 10.1. The number of allylic oxidation sites excluding steroid dienone is 9. The normalized spacial score (nSPS) is 14.5. The van der Waals surface area contributed by atoms with Gasteiger partial charge in [0.2, 0.25) is 0 Å². The third-order valence-electron chi connectivity index (χ3n) is 8.72. The Hall–Kier alpha value is -2.16. The highest BCUT2D eigenvalue weighted by Crippen LogP contribution is 2.43. The first-order chi connectivity index (χ1) is 26.0. The summed E-state index contributed by atoms with van der Waals surface area (Å²) in [6, 6.07) is 0. The fourth-order valence-corrected chi connectivity index (χ4v) is 6.10. The quantitative estimate of drug-likeness (QED) is 0.0121. The van der Waals surface area contributed by atoms with Crippen LogP contribution in [0.15, 0.2) is 60.6 Å². The summed E-state index contributed by atoms with van der Waals surface area (Å²) < 4.78 is 34.3. The van der Waals surface area contributed by atoms with Crippen molar-refractivity contribution in [2.75, 3.05) is 47.5 Å². The molecule has 2 atom stereocenters. The van der Waals surface area contributed by atoms with Gasteiger partial charge in [0.05, 0.1) is 27.7 Å². The summed E-state index contributed by atoms with van der Waals surface area (Å²) in [5.41, 5.74) is 0. The second-order valence-corrected chi connectivity index (χ2v) is 16.7. The highest BCUT2D eigenvalue weighted by atomic mass is 31.2. The van der Waals surface area contributed by atoms with Crippen molar-refractivity contribution in [3.63, 3.8) is 0 Å². The molecule has 10 heteroatoms. The van der Waals surface area contributed by atoms with E-state index in [9.17, 15) is 19.4 Å². The maximum Gasteiger partial charge on any atom is 0.472 e. The van der Waals surface area contributed by atoms with Crippen LogP contribution < -0.4 is 0 Å². The van der Waals surface area contributed by atoms with Crippen molar-refractivity contribution in [1.82, 2.24) is 0 Å². The minimum Gasteiger partial charge on any atom is -0.481 e. The molecule has 0 radical (unpaired) electrons. The Morgan fingerprint density at radius 1 is 0.648 bits per heavy atom. The van der Waals surface area contributed by atoms with Crippen LogP contribution in [-0.4, -0.2) is 74.1 Å². The largest absolute Gasteiger partial charge is 0.481 e. The van der Waals surface area contributed by atoms with E-state index in [1.54, 1.807) is 6.08 Å². The first-order valence-corrected chi connectivity index (χ1v) is 22.7. The van der Waals surface area contributed by atoms with E-state index in [0.717, 1.165) is 83.5 Å². The second-order valence-electron chi connectivity index (χ2n) is 15.3. The average molecular weight is 783 g/mol. The molecule has 0 aliphatic carbocycles. The first-order valence-electron chi connectivity index (χ1n) is 21.2. The predicted octanol–water partition coefficient (Wildman–Crippen LogP) is 12.4. The number of carbonyl (C=O) groups is 1. The van der Waals surface area contributed by atoms with E-state index >= 15 is 0 Å². The molecule has 0 saturated heterocycles. The minimum absolute atomic E-state index is 0.0313. The Kier molecular flexibility index (Phi) is 35.0. The van der Waals surface area contributed by atoms with Gasteiger partial charge in [-0.25, -0.2) is 4.57 Å². The fraction of sp³-hybridized carbons (Fsp3) is 0.750. The van der Waals surface area contributed by atoms with Gasteiger partial charge < -0.3 is 24.0 Å². The van der Waals surface area contributed by atoms with Crippen LogP contribution in [-0.2, 0) is 27.9 Å². The van der Waals surface area contributed by atoms with E-state index < -0.39 is 20.5 Å². The lowest BCUT2D eigenvalue weighted by Crippen LogP contribution is -2.37. The molecule has 0 saturated carbocycles. The zero-order chi connectivity index (χ0) is 40.0. The van der Waals surface area contributed by atoms with Gasteiger partial charge in [-0.1, -0.05) is 133 Å². The second kappa shape index (κ2) is 36.5. The number of carbonyl (C=O) groups excluding carboxylic acids is 1. The Bertz CT molecular complexity index is 1080. The summed E-state index contributed by atoms with van der Waals surface area (Å²) in [5, 5.41) is 10.5. The molecule has 54 heavy (non-hydrogen) atoms. The third-order valence-corrected chi connectivity index (χ3v) is 9.71. The summed E-state index contributed by atoms with van der Waals surface area (Å²) >= 11 is 0. The van der Waals surface area contributed by atoms with Crippen molar-refractivity contribution in [2.24, 2.45) is 0 Å². The smallest absolute Gasteiger partial charge is 0.472 e. The van der Waals surface area contributed by atoms with Gasteiger partial charge in [0.15, 0.2) is 6.10 Å². The van der Waals surface area contributed by atoms with Crippen molar-refractivity contribution in [3.05, 3.63) is 60.6 Å². The molecule has 0 aromatic rings. The lowest BCUT2D eigenvalue weighted by Gasteiger charge is -2.24. The van der Waals surface area contributed by atoms with Crippen LogP contribution in [0, 0.1) is 0 Å². The number of nitrogens with zero attached hydrogens (tertiary/aromatic N) is 1. The zero-order valence-corrected chi connectivity index (χ0v) is 36.0. The summed E-state index contributed by atoms with van der Waals surface area (Å²) in [6.45, 7) is 4.35. The number of unbranched alkanes of at least 4 members (excludes halogenated alkanes) is 17. The van der Waals surface area contributed by atoms with Gasteiger partial charge in [-0.2, -0.15) is 0 Å². The number of ether oxygens (including phenoxy) is 2. The molecule has 0 aromatic heterocycles. The van der Waals surface area contributed by atoms with Gasteiger partial charge in [0.25, 0.3) is 5.95 Å². The van der Waals surface area contributed by atoms with E-state index in [4.69, 9.17) is 18.5 Å². The van der Waals surface area contributed by atoms with E-state index in [2.05, 4.69) is 62.5 Å². The summed E-state index contributed by atoms with van der Waals surface area (Å²) in [4.78, 5) is 22.7. The Morgan fingerprint density at radius 3 is 1.81 bits per heavy atom. The monoisotopic (exact) mass is 783 g/mol. The van der Waals surface area contributed by atoms with Gasteiger partial charge in [0.1, 0.15) is 19.8 Å². The highest BCUT2D eigenvalue weighted by Gasteiger charge is 2.26. The van der Waals surface area contributed by atoms with E-state index in [1.807, 2.05) is 21.1 Å². The molecule has 0 bridgehead atoms. The zero-order valence-electron chi connectivity index (χ0n) is 35.1. The number of likely N-dealkylation sites (N-methyl/N-ethyl adjacent to an activating group) is 1. The maximum atomic E-state index is 12.5. The molecule has 0 rings (SSSR count). The van der Waals surface area contributed by atoms with Crippen LogP contribution in [0.3, 0.4) is 0 Å². The summed E-state index contributed by atoms with van der Waals surface area (Å²) in [6.07, 6.45) is 42.9. The Labute approximate surface area is 331 Å². The molecule has 0 spiro atoms. The molecular weight excluding hydrogens is 701 g/mol. The van der Waals surface area contributed by atoms with Crippen molar-refractivity contribution < 1.29 is 42.4 Å². The van der Waals surface area contributed by atoms with Crippen LogP contribution in [0.5, 0.6) is 0 Å². The Balaban J connectivity index is 4.50. The van der Waals surface area contributed by atoms with Crippen molar-refractivity contribution >= 4 is 13.8 Å². The number of aliphatic hydroxyl groups excluding tert-OH is 1. The number of phosphoric acid groups is 1. The molecule has 0 aliphatic rings. The van der Waals surface area contributed by atoms with Gasteiger partial charge >= 0.3 is 13.8 Å². The third kappa shape index (κ3) is 39.5. The molecule has 0 amide bonds. The van der Waals surface area contributed by atoms with Crippen LogP contribution >= 0.6 is 7.82 Å². The molecule has 314 valence electrons. The maximum absolute atomic E-state index is 12.5. The molecule has 2 N–H and O–H groups in total. The number of aliphatic hydroxyl groups is 1. The van der Waals surface area contributed by atoms with Gasteiger partial charge in [-0.3, -0.25) is 13.8 Å².